The fourth-order valence-corrected chi connectivity index (χ4v) is 0.525. The van der Waals surface area contributed by atoms with Crippen LogP contribution in [0.1, 0.15) is 0 Å². The monoisotopic (exact) mass is 154 g/mol. The molecule has 0 rings (SSSR count). The maximum Gasteiger partial charge on any atom is 0.0223 e. The predicted molar refractivity (Wildman–Crippen MR) is 28.8 cm³/mol. The Morgan fingerprint density at radius 3 is 2.40 bits per heavy atom. The summed E-state index contributed by atoms with van der Waals surface area (Å²) in [5.74, 6) is 0. The van der Waals surface area contributed by atoms with Crippen molar-refractivity contribution in [2.75, 3.05) is 5.33 Å². The zero-order valence-electron chi connectivity index (χ0n) is 2.62. The molecule has 0 saturated carbocycles. The summed E-state index contributed by atoms with van der Waals surface area (Å²) >= 11 is 8.23. The third-order valence-electron chi connectivity index (χ3n) is 0.178. The van der Waals surface area contributed by atoms with Crippen molar-refractivity contribution in [2.45, 2.75) is 0 Å². The lowest BCUT2D eigenvalue weighted by Gasteiger charge is -1.61. The van der Waals surface area contributed by atoms with Crippen molar-refractivity contribution < 1.29 is 0 Å². The molecule has 30 valence electrons. The summed E-state index contributed by atoms with van der Waals surface area (Å²) in [4.78, 5) is 0. The van der Waals surface area contributed by atoms with E-state index in [2.05, 4.69) is 15.9 Å². The maximum absolute atomic E-state index is 5.09. The highest BCUT2D eigenvalue weighted by Gasteiger charge is 1.55. The van der Waals surface area contributed by atoms with Crippen molar-refractivity contribution in [1.29, 1.82) is 0 Å². The van der Waals surface area contributed by atoms with E-state index < -0.39 is 0 Å². The Balaban J connectivity index is 2.62. The Morgan fingerprint density at radius 2 is 2.40 bits per heavy atom. The van der Waals surface area contributed by atoms with Crippen LogP contribution in [0.15, 0.2) is 11.6 Å². The van der Waals surface area contributed by atoms with Crippen molar-refractivity contribution in [1.82, 2.24) is 0 Å². The third-order valence-corrected chi connectivity index (χ3v) is 0.730. The number of hydrogen-bond acceptors (Lipinski definition) is 0. The second-order valence-corrected chi connectivity index (χ2v) is 1.42. The SMILES string of the molecule is ClC=CCBr. The zero-order valence-corrected chi connectivity index (χ0v) is 4.96. The predicted octanol–water partition coefficient (Wildman–Crippen LogP) is 2.13. The Bertz CT molecular complexity index is 33.9. The van der Waals surface area contributed by atoms with Crippen molar-refractivity contribution in [2.24, 2.45) is 0 Å². The minimum absolute atomic E-state index is 0.844. The van der Waals surface area contributed by atoms with Gasteiger partial charge in [0, 0.05) is 10.9 Å². The lowest BCUT2D eigenvalue weighted by Crippen LogP contribution is -1.47. The van der Waals surface area contributed by atoms with Crippen LogP contribution in [0.3, 0.4) is 0 Å². The van der Waals surface area contributed by atoms with Crippen LogP contribution < -0.4 is 0 Å². The molecule has 0 aromatic carbocycles. The summed E-state index contributed by atoms with van der Waals surface area (Å²) in [6, 6.07) is 0. The van der Waals surface area contributed by atoms with Gasteiger partial charge < -0.3 is 0 Å². The molecule has 0 fully saturated rings. The molecular weight excluding hydrogens is 151 g/mol. The van der Waals surface area contributed by atoms with Gasteiger partial charge in [0.1, 0.15) is 0 Å². The van der Waals surface area contributed by atoms with E-state index in [1.165, 1.54) is 5.54 Å². The molecule has 0 aliphatic heterocycles. The summed E-state index contributed by atoms with van der Waals surface area (Å²) in [6.45, 7) is 0. The fourth-order valence-electron chi connectivity index (χ4n) is 0.0337. The first-order valence-corrected chi connectivity index (χ1v) is 2.78. The summed E-state index contributed by atoms with van der Waals surface area (Å²) in [5, 5.41) is 0.844. The van der Waals surface area contributed by atoms with Crippen LogP contribution in [0.25, 0.3) is 0 Å². The molecule has 0 aromatic rings. The molecule has 0 nitrogen and oxygen atoms in total. The minimum Gasteiger partial charge on any atom is -0.0933 e. The molecule has 0 spiro atoms. The summed E-state index contributed by atoms with van der Waals surface area (Å²) in [5.41, 5.74) is 1.48. The number of rotatable bonds is 1. The van der Waals surface area contributed by atoms with Gasteiger partial charge in [0.25, 0.3) is 0 Å². The summed E-state index contributed by atoms with van der Waals surface area (Å²) in [7, 11) is 0. The molecule has 0 aliphatic carbocycles. The lowest BCUT2D eigenvalue weighted by molar-refractivity contribution is 1.85. The van der Waals surface area contributed by atoms with Crippen molar-refractivity contribution in [3.63, 3.8) is 0 Å². The average Bonchev–Trinajstić information content (AvgIpc) is 1.41. The van der Waals surface area contributed by atoms with Crippen molar-refractivity contribution in [3.8, 4) is 0 Å². The molecule has 2 heteroatoms. The highest BCUT2D eigenvalue weighted by atomic mass is 79.9. The van der Waals surface area contributed by atoms with Gasteiger partial charge in [-0.3, -0.25) is 0 Å². The van der Waals surface area contributed by atoms with E-state index in [-0.39, 0.29) is 0 Å². The molecule has 0 heterocycles. The standard InChI is InChI=1S/C3H4BrCl/c4-2-1-3-5/h1,3H,2H2. The highest BCUT2D eigenvalue weighted by molar-refractivity contribution is 9.09. The molecule has 0 unspecified atom stereocenters. The van der Waals surface area contributed by atoms with Gasteiger partial charge in [0.05, 0.1) is 0 Å². The van der Waals surface area contributed by atoms with Crippen LogP contribution in [0, 0.1) is 0 Å². The molecule has 0 bridgehead atoms. The van der Waals surface area contributed by atoms with E-state index in [0.29, 0.717) is 0 Å². The minimum atomic E-state index is 0.844. The van der Waals surface area contributed by atoms with E-state index in [4.69, 9.17) is 11.6 Å². The van der Waals surface area contributed by atoms with Crippen LogP contribution in [0.4, 0.5) is 0 Å². The van der Waals surface area contributed by atoms with E-state index in [1.54, 1.807) is 0 Å². The highest BCUT2D eigenvalue weighted by Crippen LogP contribution is 1.82. The molecule has 0 atom stereocenters. The fraction of sp³-hybridized carbons (Fsp3) is 0.333. The summed E-state index contributed by atoms with van der Waals surface area (Å²) < 4.78 is 0. The normalized spacial score (nSPS) is 10.0. The van der Waals surface area contributed by atoms with Gasteiger partial charge in [0.2, 0.25) is 0 Å². The first kappa shape index (κ1) is 5.51. The number of alkyl halides is 1. The van der Waals surface area contributed by atoms with Gasteiger partial charge in [-0.2, -0.15) is 0 Å². The van der Waals surface area contributed by atoms with E-state index >= 15 is 0 Å². The van der Waals surface area contributed by atoms with E-state index in [9.17, 15) is 0 Å². The Morgan fingerprint density at radius 1 is 1.80 bits per heavy atom. The Kier molecular flexibility index (Phi) is 4.97. The largest absolute Gasteiger partial charge is 0.0933 e. The van der Waals surface area contributed by atoms with Crippen molar-refractivity contribution >= 4 is 27.5 Å². The molecule has 0 N–H and O–H groups in total. The van der Waals surface area contributed by atoms with E-state index in [0.717, 1.165) is 5.33 Å². The van der Waals surface area contributed by atoms with Crippen LogP contribution in [0.2, 0.25) is 0 Å². The van der Waals surface area contributed by atoms with E-state index in [1.807, 2.05) is 6.08 Å². The van der Waals surface area contributed by atoms with Crippen LogP contribution in [0.5, 0.6) is 0 Å². The molecule has 0 aliphatic rings. The first-order chi connectivity index (χ1) is 2.41. The second-order valence-electron chi connectivity index (χ2n) is 0.516. The number of halogens is 2. The Labute approximate surface area is 45.0 Å². The third kappa shape index (κ3) is 4.51. The Hall–Kier alpha value is 0.510. The first-order valence-electron chi connectivity index (χ1n) is 1.23. The summed E-state index contributed by atoms with van der Waals surface area (Å²) in [6.07, 6.45) is 1.81. The maximum atomic E-state index is 5.09. The molecule has 0 amide bonds. The second kappa shape index (κ2) is 4.51. The van der Waals surface area contributed by atoms with Gasteiger partial charge in [-0.05, 0) is 0 Å². The number of allylic oxidation sites excluding steroid dienone is 1. The van der Waals surface area contributed by atoms with Gasteiger partial charge in [-0.1, -0.05) is 33.6 Å². The van der Waals surface area contributed by atoms with Crippen LogP contribution in [-0.4, -0.2) is 5.33 Å². The number of hydrogen-bond donors (Lipinski definition) is 0. The van der Waals surface area contributed by atoms with Crippen molar-refractivity contribution in [3.05, 3.63) is 11.6 Å². The van der Waals surface area contributed by atoms with Crippen LogP contribution >= 0.6 is 27.5 Å². The molecule has 0 aromatic heterocycles. The molecule has 0 radical (unpaired) electrons. The smallest absolute Gasteiger partial charge is 0.0223 e. The zero-order chi connectivity index (χ0) is 4.12. The molecule has 5 heavy (non-hydrogen) atoms. The average molecular weight is 155 g/mol. The molecular formula is C3H4BrCl. The van der Waals surface area contributed by atoms with Gasteiger partial charge in [-0.25, -0.2) is 0 Å². The topological polar surface area (TPSA) is 0 Å². The van der Waals surface area contributed by atoms with Gasteiger partial charge in [-0.15, -0.1) is 0 Å². The lowest BCUT2D eigenvalue weighted by atomic mass is 10.8. The molecule has 0 saturated heterocycles. The van der Waals surface area contributed by atoms with Gasteiger partial charge >= 0.3 is 0 Å². The quantitative estimate of drug-likeness (QED) is 0.509. The van der Waals surface area contributed by atoms with Crippen LogP contribution in [-0.2, 0) is 0 Å². The van der Waals surface area contributed by atoms with Gasteiger partial charge in [0.15, 0.2) is 0 Å².